The first-order valence-electron chi connectivity index (χ1n) is 15.3. The van der Waals surface area contributed by atoms with E-state index in [1.807, 2.05) is 30.3 Å². The van der Waals surface area contributed by atoms with Gasteiger partial charge in [0, 0.05) is 17.2 Å². The van der Waals surface area contributed by atoms with Gasteiger partial charge in [-0.25, -0.2) is 9.79 Å². The lowest BCUT2D eigenvalue weighted by molar-refractivity contribution is -0.394. The standard InChI is InChI=1S/C36H28N4O10S/c1-4-49-35(42)31-32(21-10-6-5-7-11-21)37-36-38(33(31)23-14-16-28(47-2)29(18-23)48-3)34(41)30(51-36)19-22-12-8-9-13-26(22)50-27-17-15-24(39(43)44)20-25(27)40(45)46/h5-20,33H,4H2,1-3H3/b30-19+/t33-/m0/s1. The molecule has 0 N–H and O–H groups in total. The Morgan fingerprint density at radius 1 is 0.882 bits per heavy atom. The van der Waals surface area contributed by atoms with Crippen molar-refractivity contribution in [1.82, 2.24) is 4.57 Å². The molecule has 0 aliphatic carbocycles. The summed E-state index contributed by atoms with van der Waals surface area (Å²) >= 11 is 1.07. The highest BCUT2D eigenvalue weighted by atomic mass is 32.1. The number of nitrogens with zero attached hydrogens (tertiary/aromatic N) is 4. The fourth-order valence-electron chi connectivity index (χ4n) is 5.58. The number of hydrogen-bond donors (Lipinski definition) is 0. The molecule has 2 heterocycles. The van der Waals surface area contributed by atoms with Crippen molar-refractivity contribution in [3.05, 3.63) is 153 Å². The van der Waals surface area contributed by atoms with Gasteiger partial charge >= 0.3 is 11.7 Å². The number of esters is 1. The van der Waals surface area contributed by atoms with E-state index in [-0.39, 0.29) is 28.2 Å². The summed E-state index contributed by atoms with van der Waals surface area (Å²) in [6.07, 6.45) is 1.55. The number of carbonyl (C=O) groups excluding carboxylic acids is 1. The average molecular weight is 709 g/mol. The summed E-state index contributed by atoms with van der Waals surface area (Å²) in [7, 11) is 2.98. The molecule has 0 saturated heterocycles. The molecule has 5 aromatic rings. The summed E-state index contributed by atoms with van der Waals surface area (Å²) < 4.78 is 24.1. The summed E-state index contributed by atoms with van der Waals surface area (Å²) in [5, 5.41) is 23.0. The van der Waals surface area contributed by atoms with E-state index in [0.29, 0.717) is 38.7 Å². The van der Waals surface area contributed by atoms with E-state index < -0.39 is 38.8 Å². The Hall–Kier alpha value is -6.61. The summed E-state index contributed by atoms with van der Waals surface area (Å²) in [6.45, 7) is 1.77. The van der Waals surface area contributed by atoms with E-state index >= 15 is 0 Å². The van der Waals surface area contributed by atoms with Gasteiger partial charge in [-0.15, -0.1) is 0 Å². The number of para-hydroxylation sites is 1. The van der Waals surface area contributed by atoms with E-state index in [1.54, 1.807) is 55.5 Å². The van der Waals surface area contributed by atoms with Crippen LogP contribution in [0.4, 0.5) is 11.4 Å². The number of carbonyl (C=O) groups is 1. The highest BCUT2D eigenvalue weighted by Crippen LogP contribution is 2.39. The molecule has 6 rings (SSSR count). The van der Waals surface area contributed by atoms with Gasteiger partial charge in [0.1, 0.15) is 5.75 Å². The van der Waals surface area contributed by atoms with Crippen molar-refractivity contribution in [3.8, 4) is 23.0 Å². The molecule has 1 aliphatic rings. The smallest absolute Gasteiger partial charge is 0.338 e. The van der Waals surface area contributed by atoms with Gasteiger partial charge in [-0.05, 0) is 42.8 Å². The lowest BCUT2D eigenvalue weighted by atomic mass is 9.93. The zero-order valence-electron chi connectivity index (χ0n) is 27.3. The van der Waals surface area contributed by atoms with Gasteiger partial charge in [-0.1, -0.05) is 65.9 Å². The van der Waals surface area contributed by atoms with Crippen molar-refractivity contribution >= 4 is 40.5 Å². The molecule has 0 fully saturated rings. The topological polar surface area (TPSA) is 175 Å². The second-order valence-electron chi connectivity index (χ2n) is 10.9. The van der Waals surface area contributed by atoms with Crippen LogP contribution in [0, 0.1) is 20.2 Å². The van der Waals surface area contributed by atoms with E-state index in [9.17, 15) is 29.8 Å². The van der Waals surface area contributed by atoms with Crippen molar-refractivity contribution < 1.29 is 33.6 Å². The fourth-order valence-corrected chi connectivity index (χ4v) is 6.57. The van der Waals surface area contributed by atoms with E-state index in [4.69, 9.17) is 23.9 Å². The Kier molecular flexibility index (Phi) is 9.72. The monoisotopic (exact) mass is 708 g/mol. The molecule has 0 spiro atoms. The van der Waals surface area contributed by atoms with Crippen LogP contribution in [0.2, 0.25) is 0 Å². The van der Waals surface area contributed by atoms with Crippen LogP contribution in [0.15, 0.2) is 106 Å². The molecule has 0 radical (unpaired) electrons. The quantitative estimate of drug-likeness (QED) is 0.0960. The summed E-state index contributed by atoms with van der Waals surface area (Å²) in [5.74, 6) is 0.0907. The Labute approximate surface area is 293 Å². The van der Waals surface area contributed by atoms with E-state index in [0.717, 1.165) is 29.5 Å². The third-order valence-electron chi connectivity index (χ3n) is 7.87. The number of methoxy groups -OCH3 is 2. The van der Waals surface area contributed by atoms with Gasteiger partial charge in [0.05, 0.1) is 58.6 Å². The highest BCUT2D eigenvalue weighted by Gasteiger charge is 2.36. The van der Waals surface area contributed by atoms with Crippen LogP contribution in [0.1, 0.15) is 29.7 Å². The second-order valence-corrected chi connectivity index (χ2v) is 11.9. The number of fused-ring (bicyclic) bond motifs is 1. The van der Waals surface area contributed by atoms with Crippen LogP contribution in [0.25, 0.3) is 11.8 Å². The maximum atomic E-state index is 14.4. The molecule has 258 valence electrons. The number of ether oxygens (including phenoxy) is 4. The number of thiazole rings is 1. The molecule has 1 aliphatic heterocycles. The molecule has 14 nitrogen and oxygen atoms in total. The Bertz CT molecular complexity index is 2400. The molecule has 0 unspecified atom stereocenters. The van der Waals surface area contributed by atoms with Crippen LogP contribution < -0.4 is 29.1 Å². The third kappa shape index (κ3) is 6.69. The van der Waals surface area contributed by atoms with Gasteiger partial charge < -0.3 is 18.9 Å². The molecule has 0 saturated carbocycles. The average Bonchev–Trinajstić information content (AvgIpc) is 3.45. The molecule has 0 amide bonds. The van der Waals surface area contributed by atoms with Gasteiger partial charge in [0.15, 0.2) is 16.3 Å². The summed E-state index contributed by atoms with van der Waals surface area (Å²) in [6, 6.07) is 22.8. The maximum absolute atomic E-state index is 14.4. The Balaban J connectivity index is 1.57. The molecular formula is C36H28N4O10S. The molecule has 15 heteroatoms. The molecule has 51 heavy (non-hydrogen) atoms. The zero-order valence-corrected chi connectivity index (χ0v) is 28.1. The predicted octanol–water partition coefficient (Wildman–Crippen LogP) is 5.56. The number of nitro benzene ring substituents is 2. The van der Waals surface area contributed by atoms with Crippen molar-refractivity contribution in [1.29, 1.82) is 0 Å². The highest BCUT2D eigenvalue weighted by molar-refractivity contribution is 7.07. The van der Waals surface area contributed by atoms with Crippen LogP contribution in [0.5, 0.6) is 23.0 Å². The first-order valence-corrected chi connectivity index (χ1v) is 16.2. The minimum atomic E-state index is -0.994. The third-order valence-corrected chi connectivity index (χ3v) is 8.86. The number of benzene rings is 4. The van der Waals surface area contributed by atoms with Gasteiger partial charge in [-0.2, -0.15) is 0 Å². The van der Waals surface area contributed by atoms with Crippen molar-refractivity contribution in [2.75, 3.05) is 20.8 Å². The molecule has 1 atom stereocenters. The van der Waals surface area contributed by atoms with Crippen molar-refractivity contribution in [2.45, 2.75) is 13.0 Å². The maximum Gasteiger partial charge on any atom is 0.338 e. The van der Waals surface area contributed by atoms with Gasteiger partial charge in [0.2, 0.25) is 5.75 Å². The van der Waals surface area contributed by atoms with Crippen LogP contribution in [-0.2, 0) is 9.53 Å². The van der Waals surface area contributed by atoms with Crippen LogP contribution in [0.3, 0.4) is 0 Å². The minimum absolute atomic E-state index is 0.0805. The number of nitro groups is 2. The van der Waals surface area contributed by atoms with E-state index in [2.05, 4.69) is 0 Å². The number of aromatic nitrogens is 1. The van der Waals surface area contributed by atoms with Crippen LogP contribution in [-0.4, -0.2) is 41.2 Å². The molecule has 0 bridgehead atoms. The normalized spacial score (nSPS) is 13.9. The van der Waals surface area contributed by atoms with E-state index in [1.165, 1.54) is 18.8 Å². The predicted molar refractivity (Wildman–Crippen MR) is 187 cm³/mol. The molecule has 1 aromatic heterocycles. The van der Waals surface area contributed by atoms with Gasteiger partial charge in [0.25, 0.3) is 11.2 Å². The van der Waals surface area contributed by atoms with Crippen LogP contribution >= 0.6 is 11.3 Å². The lowest BCUT2D eigenvalue weighted by Gasteiger charge is -2.26. The summed E-state index contributed by atoms with van der Waals surface area (Å²) in [4.78, 5) is 54.9. The van der Waals surface area contributed by atoms with Gasteiger partial charge in [-0.3, -0.25) is 29.6 Å². The van der Waals surface area contributed by atoms with Crippen molar-refractivity contribution in [3.63, 3.8) is 0 Å². The second kappa shape index (κ2) is 14.5. The number of rotatable bonds is 11. The Morgan fingerprint density at radius 3 is 2.27 bits per heavy atom. The largest absolute Gasteiger partial charge is 0.493 e. The fraction of sp³-hybridized carbons (Fsp3) is 0.139. The number of hydrogen-bond acceptors (Lipinski definition) is 12. The first-order chi connectivity index (χ1) is 24.6. The minimum Gasteiger partial charge on any atom is -0.493 e. The SMILES string of the molecule is CCOC(=O)C1=C(c2ccccc2)N=c2s/c(=C/c3ccccc3Oc3ccc([N+](=O)[O-])cc3[N+](=O)[O-])c(=O)n2[C@H]1c1ccc(OC)c(OC)c1. The number of non-ortho nitro benzene ring substituents is 1. The Morgan fingerprint density at radius 2 is 1.59 bits per heavy atom. The zero-order chi connectivity index (χ0) is 36.2. The molecular weight excluding hydrogens is 680 g/mol. The molecule has 4 aromatic carbocycles. The van der Waals surface area contributed by atoms with Crippen molar-refractivity contribution in [2.24, 2.45) is 4.99 Å². The first kappa shape index (κ1) is 34.3. The summed E-state index contributed by atoms with van der Waals surface area (Å²) in [5.41, 5.74) is 0.458. The lowest BCUT2D eigenvalue weighted by Crippen LogP contribution is -2.40.